The van der Waals surface area contributed by atoms with E-state index in [4.69, 9.17) is 13.9 Å². The largest absolute Gasteiger partial charge is 0.493 e. The minimum atomic E-state index is -0.371. The van der Waals surface area contributed by atoms with Crippen molar-refractivity contribution in [3.8, 4) is 11.5 Å². The summed E-state index contributed by atoms with van der Waals surface area (Å²) < 4.78 is 15.7. The van der Waals surface area contributed by atoms with Crippen molar-refractivity contribution in [2.24, 2.45) is 0 Å². The van der Waals surface area contributed by atoms with Gasteiger partial charge in [-0.3, -0.25) is 9.59 Å². The molecule has 1 heterocycles. The van der Waals surface area contributed by atoms with Crippen molar-refractivity contribution < 1.29 is 23.5 Å². The van der Waals surface area contributed by atoms with Gasteiger partial charge < -0.3 is 24.5 Å². The van der Waals surface area contributed by atoms with Gasteiger partial charge in [-0.15, -0.1) is 0 Å². The minimum absolute atomic E-state index is 0.130. The Morgan fingerprint density at radius 1 is 1.17 bits per heavy atom. The number of carbonyl (C=O) groups excluding carboxylic acids is 2. The summed E-state index contributed by atoms with van der Waals surface area (Å²) in [6, 6.07) is 8.34. The number of hydrogen-bond acceptors (Lipinski definition) is 5. The van der Waals surface area contributed by atoms with Gasteiger partial charge in [-0.1, -0.05) is 0 Å². The molecule has 2 aromatic rings. The predicted molar refractivity (Wildman–Crippen MR) is 87.1 cm³/mol. The van der Waals surface area contributed by atoms with Crippen LogP contribution in [0.25, 0.3) is 0 Å². The summed E-state index contributed by atoms with van der Waals surface area (Å²) in [7, 11) is 1.50. The van der Waals surface area contributed by atoms with E-state index >= 15 is 0 Å². The van der Waals surface area contributed by atoms with Crippen LogP contribution in [-0.4, -0.2) is 32.1 Å². The summed E-state index contributed by atoms with van der Waals surface area (Å²) in [5.74, 6) is 0.993. The molecule has 0 unspecified atom stereocenters. The zero-order valence-corrected chi connectivity index (χ0v) is 13.6. The maximum Gasteiger partial charge on any atom is 0.251 e. The van der Waals surface area contributed by atoms with E-state index in [2.05, 4.69) is 10.6 Å². The van der Waals surface area contributed by atoms with Gasteiger partial charge in [0.2, 0.25) is 5.91 Å². The highest BCUT2D eigenvalue weighted by Gasteiger charge is 2.12. The number of nitrogens with one attached hydrogen (secondary N) is 2. The molecule has 0 atom stereocenters. The first-order chi connectivity index (χ1) is 11.6. The molecule has 1 aromatic heterocycles. The molecule has 1 aromatic carbocycles. The SMILES string of the molecule is CCOc1ccc(C(=O)NCC(=O)NCc2ccco2)cc1OC. The van der Waals surface area contributed by atoms with Gasteiger partial charge >= 0.3 is 0 Å². The Balaban J connectivity index is 1.86. The van der Waals surface area contributed by atoms with E-state index in [1.807, 2.05) is 6.92 Å². The quantitative estimate of drug-likeness (QED) is 0.768. The van der Waals surface area contributed by atoms with Crippen molar-refractivity contribution >= 4 is 11.8 Å². The Kier molecular flexibility index (Phi) is 6.24. The van der Waals surface area contributed by atoms with E-state index < -0.39 is 0 Å². The molecule has 128 valence electrons. The molecular weight excluding hydrogens is 312 g/mol. The molecule has 2 N–H and O–H groups in total. The van der Waals surface area contributed by atoms with E-state index in [9.17, 15) is 9.59 Å². The lowest BCUT2D eigenvalue weighted by Gasteiger charge is -2.11. The summed E-state index contributed by atoms with van der Waals surface area (Å²) in [4.78, 5) is 23.8. The predicted octanol–water partition coefficient (Wildman–Crippen LogP) is 1.73. The normalized spacial score (nSPS) is 10.1. The van der Waals surface area contributed by atoms with E-state index in [0.717, 1.165) is 0 Å². The van der Waals surface area contributed by atoms with Crippen LogP contribution < -0.4 is 20.1 Å². The fraction of sp³-hybridized carbons (Fsp3) is 0.294. The number of amides is 2. The number of furan rings is 1. The molecule has 0 bridgehead atoms. The van der Waals surface area contributed by atoms with Crippen LogP contribution in [0.4, 0.5) is 0 Å². The number of benzene rings is 1. The van der Waals surface area contributed by atoms with Gasteiger partial charge in [0.05, 0.1) is 33.1 Å². The first-order valence-corrected chi connectivity index (χ1v) is 7.52. The van der Waals surface area contributed by atoms with Crippen molar-refractivity contribution in [3.63, 3.8) is 0 Å². The molecule has 0 radical (unpaired) electrons. The fourth-order valence-corrected chi connectivity index (χ4v) is 2.01. The molecule has 7 heteroatoms. The first-order valence-electron chi connectivity index (χ1n) is 7.52. The third-order valence-electron chi connectivity index (χ3n) is 3.18. The van der Waals surface area contributed by atoms with Crippen LogP contribution in [0.1, 0.15) is 23.0 Å². The van der Waals surface area contributed by atoms with Gasteiger partial charge in [0.15, 0.2) is 11.5 Å². The van der Waals surface area contributed by atoms with E-state index in [-0.39, 0.29) is 24.9 Å². The number of rotatable bonds is 8. The molecule has 2 rings (SSSR count). The zero-order chi connectivity index (χ0) is 17.4. The molecule has 2 amide bonds. The van der Waals surface area contributed by atoms with Crippen molar-refractivity contribution in [1.29, 1.82) is 0 Å². The standard InChI is InChI=1S/C17H20N2O5/c1-3-23-14-7-6-12(9-15(14)22-2)17(21)19-11-16(20)18-10-13-5-4-8-24-13/h4-9H,3,10-11H2,1-2H3,(H,18,20)(H,19,21). The van der Waals surface area contributed by atoms with E-state index in [1.54, 1.807) is 30.3 Å². The third-order valence-corrected chi connectivity index (χ3v) is 3.18. The number of methoxy groups -OCH3 is 1. The number of carbonyl (C=O) groups is 2. The third kappa shape index (κ3) is 4.77. The number of hydrogen-bond donors (Lipinski definition) is 2. The molecular formula is C17H20N2O5. The molecule has 0 spiro atoms. The van der Waals surface area contributed by atoms with Crippen LogP contribution in [-0.2, 0) is 11.3 Å². The second kappa shape index (κ2) is 8.61. The number of ether oxygens (including phenoxy) is 2. The Morgan fingerprint density at radius 3 is 2.67 bits per heavy atom. The average Bonchev–Trinajstić information content (AvgIpc) is 3.12. The van der Waals surface area contributed by atoms with Crippen LogP contribution >= 0.6 is 0 Å². The highest BCUT2D eigenvalue weighted by atomic mass is 16.5. The zero-order valence-electron chi connectivity index (χ0n) is 13.6. The lowest BCUT2D eigenvalue weighted by Crippen LogP contribution is -2.36. The topological polar surface area (TPSA) is 89.8 Å². The van der Waals surface area contributed by atoms with E-state index in [1.165, 1.54) is 13.4 Å². The van der Waals surface area contributed by atoms with Gasteiger partial charge in [0, 0.05) is 5.56 Å². The summed E-state index contributed by atoms with van der Waals surface area (Å²) in [5, 5.41) is 5.20. The van der Waals surface area contributed by atoms with Crippen LogP contribution in [0.2, 0.25) is 0 Å². The van der Waals surface area contributed by atoms with E-state index in [0.29, 0.717) is 29.4 Å². The van der Waals surface area contributed by atoms with Gasteiger partial charge in [-0.05, 0) is 37.3 Å². The van der Waals surface area contributed by atoms with Crippen molar-refractivity contribution in [3.05, 3.63) is 47.9 Å². The molecule has 7 nitrogen and oxygen atoms in total. The maximum atomic E-state index is 12.1. The highest BCUT2D eigenvalue weighted by molar-refractivity contribution is 5.97. The fourth-order valence-electron chi connectivity index (χ4n) is 2.01. The Morgan fingerprint density at radius 2 is 2.00 bits per heavy atom. The second-order valence-electron chi connectivity index (χ2n) is 4.84. The first kappa shape index (κ1) is 17.4. The van der Waals surface area contributed by atoms with Crippen LogP contribution in [0, 0.1) is 0 Å². The Bertz CT molecular complexity index is 682. The second-order valence-corrected chi connectivity index (χ2v) is 4.84. The monoisotopic (exact) mass is 332 g/mol. The van der Waals surface area contributed by atoms with Crippen LogP contribution in [0.15, 0.2) is 41.0 Å². The average molecular weight is 332 g/mol. The lowest BCUT2D eigenvalue weighted by molar-refractivity contribution is -0.120. The molecule has 0 saturated carbocycles. The van der Waals surface area contributed by atoms with Gasteiger partial charge in [0.1, 0.15) is 5.76 Å². The lowest BCUT2D eigenvalue weighted by atomic mass is 10.2. The summed E-state index contributed by atoms with van der Waals surface area (Å²) in [5.41, 5.74) is 0.383. The summed E-state index contributed by atoms with van der Waals surface area (Å²) >= 11 is 0. The maximum absolute atomic E-state index is 12.1. The van der Waals surface area contributed by atoms with Gasteiger partial charge in [0.25, 0.3) is 5.91 Å². The summed E-state index contributed by atoms with van der Waals surface area (Å²) in [6.45, 7) is 2.51. The van der Waals surface area contributed by atoms with Crippen molar-refractivity contribution in [2.75, 3.05) is 20.3 Å². The van der Waals surface area contributed by atoms with Crippen molar-refractivity contribution in [1.82, 2.24) is 10.6 Å². The van der Waals surface area contributed by atoms with Crippen LogP contribution in [0.5, 0.6) is 11.5 Å². The summed E-state index contributed by atoms with van der Waals surface area (Å²) in [6.07, 6.45) is 1.53. The minimum Gasteiger partial charge on any atom is -0.493 e. The molecule has 0 saturated heterocycles. The highest BCUT2D eigenvalue weighted by Crippen LogP contribution is 2.27. The van der Waals surface area contributed by atoms with Crippen molar-refractivity contribution in [2.45, 2.75) is 13.5 Å². The van der Waals surface area contributed by atoms with Gasteiger partial charge in [-0.25, -0.2) is 0 Å². The molecule has 0 aliphatic heterocycles. The Labute approximate surface area is 139 Å². The Hall–Kier alpha value is -2.96. The molecule has 0 aliphatic rings. The van der Waals surface area contributed by atoms with Crippen LogP contribution in [0.3, 0.4) is 0 Å². The molecule has 0 fully saturated rings. The van der Waals surface area contributed by atoms with Gasteiger partial charge in [-0.2, -0.15) is 0 Å². The molecule has 0 aliphatic carbocycles. The molecule has 24 heavy (non-hydrogen) atoms. The smallest absolute Gasteiger partial charge is 0.251 e.